The molecule has 6 nitrogen and oxygen atoms in total. The third-order valence-corrected chi connectivity index (χ3v) is 8.47. The van der Waals surface area contributed by atoms with Crippen molar-refractivity contribution in [1.82, 2.24) is 19.9 Å². The van der Waals surface area contributed by atoms with Crippen molar-refractivity contribution in [3.63, 3.8) is 0 Å². The van der Waals surface area contributed by atoms with Gasteiger partial charge in [-0.1, -0.05) is 55.0 Å². The van der Waals surface area contributed by atoms with E-state index in [0.717, 1.165) is 59.1 Å². The van der Waals surface area contributed by atoms with Crippen molar-refractivity contribution < 1.29 is 4.79 Å². The molecule has 2 N–H and O–H groups in total. The molecule has 2 aromatic carbocycles. The van der Waals surface area contributed by atoms with Crippen molar-refractivity contribution in [2.24, 2.45) is 0 Å². The molecule has 3 aromatic heterocycles. The molecule has 0 radical (unpaired) electrons. The van der Waals surface area contributed by atoms with Gasteiger partial charge in [-0.2, -0.15) is 0 Å². The minimum absolute atomic E-state index is 0.00865. The van der Waals surface area contributed by atoms with Crippen molar-refractivity contribution in [2.75, 3.05) is 6.54 Å². The lowest BCUT2D eigenvalue weighted by Crippen LogP contribution is -2.29. The van der Waals surface area contributed by atoms with Crippen molar-refractivity contribution in [2.45, 2.75) is 45.1 Å². The van der Waals surface area contributed by atoms with Crippen LogP contribution in [0.25, 0.3) is 21.1 Å². The first-order chi connectivity index (χ1) is 17.6. The van der Waals surface area contributed by atoms with Gasteiger partial charge in [-0.25, -0.2) is 4.98 Å². The summed E-state index contributed by atoms with van der Waals surface area (Å²) in [5.41, 5.74) is 4.08. The minimum atomic E-state index is -0.157. The number of thiophene rings is 1. The summed E-state index contributed by atoms with van der Waals surface area (Å²) in [5, 5.41) is 4.91. The molecule has 1 atom stereocenters. The summed E-state index contributed by atoms with van der Waals surface area (Å²) in [6.45, 7) is 3.02. The number of carbonyl (C=O) groups excluding carboxylic acids is 1. The Bertz CT molecular complexity index is 1630. The van der Waals surface area contributed by atoms with Crippen LogP contribution in [0.3, 0.4) is 0 Å². The Hall–Kier alpha value is -3.71. The second-order valence-electron chi connectivity index (χ2n) is 9.49. The van der Waals surface area contributed by atoms with Crippen LogP contribution in [-0.2, 0) is 13.0 Å². The normalized spacial score (nSPS) is 14.5. The van der Waals surface area contributed by atoms with Crippen LogP contribution in [-0.4, -0.2) is 27.0 Å². The van der Waals surface area contributed by atoms with Gasteiger partial charge in [0, 0.05) is 42.5 Å². The lowest BCUT2D eigenvalue weighted by atomic mass is 9.91. The topological polar surface area (TPSA) is 79.8 Å². The fourth-order valence-electron chi connectivity index (χ4n) is 5.38. The van der Waals surface area contributed by atoms with Crippen LogP contribution in [0.1, 0.15) is 57.4 Å². The summed E-state index contributed by atoms with van der Waals surface area (Å²) in [6, 6.07) is 18.5. The smallest absolute Gasteiger partial charge is 0.262 e. The first-order valence-corrected chi connectivity index (χ1v) is 13.4. The fraction of sp³-hybridized carbons (Fsp3) is 0.276. The zero-order valence-corrected chi connectivity index (χ0v) is 21.0. The number of aryl methyl sites for hydroxylation is 2. The molecule has 1 aliphatic rings. The van der Waals surface area contributed by atoms with Crippen LogP contribution in [0.15, 0.2) is 65.6 Å². The van der Waals surface area contributed by atoms with Crippen LogP contribution in [0.5, 0.6) is 0 Å². The third kappa shape index (κ3) is 3.93. The highest BCUT2D eigenvalue weighted by Crippen LogP contribution is 2.32. The monoisotopic (exact) mass is 496 g/mol. The molecule has 0 spiro atoms. The number of H-pyrrole nitrogens is 1. The zero-order chi connectivity index (χ0) is 24.6. The number of hydrogen-bond donors (Lipinski definition) is 2. The number of fused-ring (bicyclic) bond motifs is 3. The first-order valence-electron chi connectivity index (χ1n) is 12.5. The van der Waals surface area contributed by atoms with Gasteiger partial charge >= 0.3 is 0 Å². The maximum absolute atomic E-state index is 13.4. The lowest BCUT2D eigenvalue weighted by Gasteiger charge is -2.18. The van der Waals surface area contributed by atoms with E-state index in [-0.39, 0.29) is 17.4 Å². The number of aromatic amines is 1. The molecule has 0 aliphatic carbocycles. The molecular weight excluding hydrogens is 468 g/mol. The van der Waals surface area contributed by atoms with Gasteiger partial charge in [0.1, 0.15) is 10.7 Å². The summed E-state index contributed by atoms with van der Waals surface area (Å²) in [4.78, 5) is 36.2. The summed E-state index contributed by atoms with van der Waals surface area (Å²) >= 11 is 1.33. The molecule has 1 aliphatic heterocycles. The Morgan fingerprint density at radius 2 is 1.92 bits per heavy atom. The van der Waals surface area contributed by atoms with Crippen LogP contribution >= 0.6 is 11.3 Å². The average Bonchev–Trinajstić information content (AvgIpc) is 3.37. The molecule has 0 bridgehead atoms. The molecular formula is C29H28N4O2S. The highest BCUT2D eigenvalue weighted by molar-refractivity contribution is 7.20. The number of aromatic nitrogens is 3. The molecule has 36 heavy (non-hydrogen) atoms. The summed E-state index contributed by atoms with van der Waals surface area (Å²) in [5.74, 6) is 0.679. The average molecular weight is 497 g/mol. The number of para-hydroxylation sites is 1. The predicted octanol–water partition coefficient (Wildman–Crippen LogP) is 5.54. The van der Waals surface area contributed by atoms with Gasteiger partial charge in [0.25, 0.3) is 11.5 Å². The molecule has 1 unspecified atom stereocenters. The fourth-order valence-corrected chi connectivity index (χ4v) is 6.48. The van der Waals surface area contributed by atoms with Crippen LogP contribution < -0.4 is 10.9 Å². The quantitative estimate of drug-likeness (QED) is 0.335. The Labute approximate surface area is 213 Å². The van der Waals surface area contributed by atoms with Gasteiger partial charge in [0.05, 0.1) is 10.3 Å². The molecule has 182 valence electrons. The predicted molar refractivity (Wildman–Crippen MR) is 145 cm³/mol. The standard InChI is InChI=1S/C29H28N4O2S/c1-18-25-28(32-24-14-6-3-9-15-33(24)29(25)35)36-26(18)27(34)31-16-21(19-10-4-2-5-11-19)22-17-30-23-13-8-7-12-20(22)23/h2,4-5,7-8,10-13,17,21,30H,3,6,9,14-16H2,1H3,(H,31,34). The van der Waals surface area contributed by atoms with Gasteiger partial charge < -0.3 is 10.3 Å². The number of rotatable bonds is 5. The number of nitrogens with one attached hydrogen (secondary N) is 2. The SMILES string of the molecule is Cc1c(C(=O)NCC(c2ccccc2)c2c[nH]c3ccccc23)sc2nc3n(c(=O)c12)CCCCC3. The van der Waals surface area contributed by atoms with E-state index < -0.39 is 0 Å². The number of benzene rings is 2. The van der Waals surface area contributed by atoms with E-state index in [0.29, 0.717) is 28.2 Å². The van der Waals surface area contributed by atoms with Crippen molar-refractivity contribution in [3.05, 3.63) is 98.5 Å². The molecule has 7 heteroatoms. The number of carbonyl (C=O) groups is 1. The first kappa shape index (κ1) is 22.7. The van der Waals surface area contributed by atoms with Crippen LogP contribution in [0, 0.1) is 6.92 Å². The van der Waals surface area contributed by atoms with Gasteiger partial charge in [-0.3, -0.25) is 14.2 Å². The molecule has 0 saturated carbocycles. The van der Waals surface area contributed by atoms with Crippen molar-refractivity contribution >= 4 is 38.4 Å². The number of nitrogens with zero attached hydrogens (tertiary/aromatic N) is 2. The highest BCUT2D eigenvalue weighted by Gasteiger charge is 2.24. The minimum Gasteiger partial charge on any atom is -0.361 e. The molecule has 4 heterocycles. The molecule has 0 fully saturated rings. The van der Waals surface area contributed by atoms with E-state index in [1.54, 1.807) is 0 Å². The maximum Gasteiger partial charge on any atom is 0.262 e. The largest absolute Gasteiger partial charge is 0.361 e. The molecule has 5 aromatic rings. The van der Waals surface area contributed by atoms with E-state index in [1.165, 1.54) is 11.3 Å². The van der Waals surface area contributed by atoms with E-state index in [9.17, 15) is 9.59 Å². The zero-order valence-electron chi connectivity index (χ0n) is 20.2. The van der Waals surface area contributed by atoms with Gasteiger partial charge in [0.2, 0.25) is 0 Å². The molecule has 0 saturated heterocycles. The van der Waals surface area contributed by atoms with Gasteiger partial charge in [0.15, 0.2) is 0 Å². The van der Waals surface area contributed by atoms with E-state index in [4.69, 9.17) is 4.98 Å². The maximum atomic E-state index is 13.4. The van der Waals surface area contributed by atoms with Crippen LogP contribution in [0.4, 0.5) is 0 Å². The van der Waals surface area contributed by atoms with E-state index in [2.05, 4.69) is 34.6 Å². The van der Waals surface area contributed by atoms with Crippen molar-refractivity contribution in [1.29, 1.82) is 0 Å². The Kier molecular flexibility index (Phi) is 5.93. The summed E-state index contributed by atoms with van der Waals surface area (Å²) < 4.78 is 1.82. The van der Waals surface area contributed by atoms with Gasteiger partial charge in [-0.15, -0.1) is 11.3 Å². The summed E-state index contributed by atoms with van der Waals surface area (Å²) in [6.07, 6.45) is 6.00. The van der Waals surface area contributed by atoms with Gasteiger partial charge in [-0.05, 0) is 42.5 Å². The highest BCUT2D eigenvalue weighted by atomic mass is 32.1. The Morgan fingerprint density at radius 1 is 1.11 bits per heavy atom. The van der Waals surface area contributed by atoms with E-state index in [1.807, 2.05) is 48.0 Å². The number of hydrogen-bond acceptors (Lipinski definition) is 4. The van der Waals surface area contributed by atoms with E-state index >= 15 is 0 Å². The number of amides is 1. The molecule has 1 amide bonds. The Balaban J connectivity index is 1.33. The van der Waals surface area contributed by atoms with Crippen LogP contribution in [0.2, 0.25) is 0 Å². The lowest BCUT2D eigenvalue weighted by molar-refractivity contribution is 0.0956. The second-order valence-corrected chi connectivity index (χ2v) is 10.5. The Morgan fingerprint density at radius 3 is 2.78 bits per heavy atom. The molecule has 6 rings (SSSR count). The second kappa shape index (κ2) is 9.39. The summed E-state index contributed by atoms with van der Waals surface area (Å²) in [7, 11) is 0. The van der Waals surface area contributed by atoms with Crippen molar-refractivity contribution in [3.8, 4) is 0 Å². The third-order valence-electron chi connectivity index (χ3n) is 7.28.